The zero-order valence-corrected chi connectivity index (χ0v) is 11.6. The molecule has 1 fully saturated rings. The van der Waals surface area contributed by atoms with Crippen LogP contribution in [0.25, 0.3) is 0 Å². The molecule has 2 unspecified atom stereocenters. The molecule has 1 heterocycles. The van der Waals surface area contributed by atoms with E-state index in [1.54, 1.807) is 7.11 Å². The molecule has 0 radical (unpaired) electrons. The molecule has 0 aromatic heterocycles. The molecule has 1 aromatic rings. The quantitative estimate of drug-likeness (QED) is 0.861. The van der Waals surface area contributed by atoms with Gasteiger partial charge in [0.1, 0.15) is 5.75 Å². The van der Waals surface area contributed by atoms with E-state index in [1.165, 1.54) is 24.0 Å². The van der Waals surface area contributed by atoms with Crippen molar-refractivity contribution in [2.45, 2.75) is 44.7 Å². The minimum absolute atomic E-state index is 0.0795. The maximum Gasteiger partial charge on any atom is 0.122 e. The number of hydrogen-bond acceptors (Lipinski definition) is 3. The Hall–Kier alpha value is -1.06. The molecule has 18 heavy (non-hydrogen) atoms. The van der Waals surface area contributed by atoms with Gasteiger partial charge in [-0.25, -0.2) is 0 Å². The largest absolute Gasteiger partial charge is 0.496 e. The van der Waals surface area contributed by atoms with Crippen molar-refractivity contribution in [3.63, 3.8) is 0 Å². The molecule has 1 aliphatic rings. The lowest BCUT2D eigenvalue weighted by Gasteiger charge is -2.22. The van der Waals surface area contributed by atoms with Crippen LogP contribution in [0.15, 0.2) is 18.2 Å². The van der Waals surface area contributed by atoms with Crippen LogP contribution in [-0.2, 0) is 0 Å². The minimum Gasteiger partial charge on any atom is -0.496 e. The Morgan fingerprint density at radius 2 is 2.17 bits per heavy atom. The van der Waals surface area contributed by atoms with Crippen molar-refractivity contribution in [3.05, 3.63) is 29.3 Å². The summed E-state index contributed by atoms with van der Waals surface area (Å²) in [6.07, 6.45) is 2.40. The lowest BCUT2D eigenvalue weighted by atomic mass is 9.93. The van der Waals surface area contributed by atoms with Gasteiger partial charge in [-0.1, -0.05) is 26.0 Å². The molecule has 3 N–H and O–H groups in total. The molecular formula is C15H24N2O. The van der Waals surface area contributed by atoms with Gasteiger partial charge in [0, 0.05) is 12.1 Å². The smallest absolute Gasteiger partial charge is 0.122 e. The molecule has 2 atom stereocenters. The second-order valence-corrected chi connectivity index (χ2v) is 5.38. The van der Waals surface area contributed by atoms with Crippen LogP contribution in [0, 0.1) is 0 Å². The van der Waals surface area contributed by atoms with Crippen LogP contribution in [0.3, 0.4) is 0 Å². The maximum absolute atomic E-state index is 6.36. The molecule has 1 aliphatic heterocycles. The summed E-state index contributed by atoms with van der Waals surface area (Å²) in [7, 11) is 1.72. The first-order valence-corrected chi connectivity index (χ1v) is 6.80. The molecule has 3 heteroatoms. The highest BCUT2D eigenvalue weighted by molar-refractivity contribution is 5.40. The second kappa shape index (κ2) is 5.72. The Balaban J connectivity index is 2.25. The van der Waals surface area contributed by atoms with E-state index in [4.69, 9.17) is 10.5 Å². The van der Waals surface area contributed by atoms with E-state index >= 15 is 0 Å². The highest BCUT2D eigenvalue weighted by Gasteiger charge is 2.23. The molecule has 0 bridgehead atoms. The molecule has 0 spiro atoms. The Morgan fingerprint density at radius 3 is 2.72 bits per heavy atom. The Morgan fingerprint density at radius 1 is 1.39 bits per heavy atom. The fourth-order valence-corrected chi connectivity index (χ4v) is 2.66. The molecule has 1 aromatic carbocycles. The number of ether oxygens (including phenoxy) is 1. The van der Waals surface area contributed by atoms with Gasteiger partial charge in [0.2, 0.25) is 0 Å². The standard InChI is InChI=1S/C15H24N2O/c1-10(2)12-9-11(6-7-14(12)18-3)15(16)13-5-4-8-17-13/h6-7,9-10,13,15,17H,4-5,8,16H2,1-3H3. The van der Waals surface area contributed by atoms with E-state index < -0.39 is 0 Å². The number of hydrogen-bond donors (Lipinski definition) is 2. The average molecular weight is 248 g/mol. The molecule has 3 nitrogen and oxygen atoms in total. The third-order valence-corrected chi connectivity index (χ3v) is 3.79. The Bertz CT molecular complexity index is 397. The highest BCUT2D eigenvalue weighted by Crippen LogP contribution is 2.30. The summed E-state index contributed by atoms with van der Waals surface area (Å²) in [5.41, 5.74) is 8.80. The first-order chi connectivity index (χ1) is 8.63. The summed E-state index contributed by atoms with van der Waals surface area (Å²) >= 11 is 0. The number of nitrogens with two attached hydrogens (primary N) is 1. The van der Waals surface area contributed by atoms with Crippen molar-refractivity contribution in [2.24, 2.45) is 5.73 Å². The number of rotatable bonds is 4. The lowest BCUT2D eigenvalue weighted by molar-refractivity contribution is 0.406. The van der Waals surface area contributed by atoms with Crippen molar-refractivity contribution in [1.29, 1.82) is 0 Å². The van der Waals surface area contributed by atoms with Crippen LogP contribution < -0.4 is 15.8 Å². The van der Waals surface area contributed by atoms with Crippen LogP contribution in [0.4, 0.5) is 0 Å². The van der Waals surface area contributed by atoms with Gasteiger partial charge in [0.15, 0.2) is 0 Å². The molecule has 2 rings (SSSR count). The second-order valence-electron chi connectivity index (χ2n) is 5.38. The molecule has 1 saturated heterocycles. The lowest BCUT2D eigenvalue weighted by Crippen LogP contribution is -2.34. The van der Waals surface area contributed by atoms with Crippen molar-refractivity contribution in [3.8, 4) is 5.75 Å². The molecule has 0 aliphatic carbocycles. The van der Waals surface area contributed by atoms with Gasteiger partial charge in [0.05, 0.1) is 7.11 Å². The van der Waals surface area contributed by atoms with Crippen LogP contribution in [0.2, 0.25) is 0 Å². The van der Waals surface area contributed by atoms with Crippen molar-refractivity contribution in [1.82, 2.24) is 5.32 Å². The first-order valence-electron chi connectivity index (χ1n) is 6.80. The summed E-state index contributed by atoms with van der Waals surface area (Å²) in [6.45, 7) is 5.45. The third kappa shape index (κ3) is 2.68. The van der Waals surface area contributed by atoms with Crippen LogP contribution in [0.1, 0.15) is 49.8 Å². The van der Waals surface area contributed by atoms with E-state index in [9.17, 15) is 0 Å². The van der Waals surface area contributed by atoms with Gasteiger partial charge in [0.25, 0.3) is 0 Å². The van der Waals surface area contributed by atoms with E-state index in [-0.39, 0.29) is 6.04 Å². The molecule has 100 valence electrons. The summed E-state index contributed by atoms with van der Waals surface area (Å²) in [6, 6.07) is 6.83. The molecule has 0 amide bonds. The van der Waals surface area contributed by atoms with E-state index in [0.717, 1.165) is 12.3 Å². The van der Waals surface area contributed by atoms with E-state index in [2.05, 4.69) is 31.3 Å². The van der Waals surface area contributed by atoms with Gasteiger partial charge >= 0.3 is 0 Å². The van der Waals surface area contributed by atoms with Crippen molar-refractivity contribution in [2.75, 3.05) is 13.7 Å². The van der Waals surface area contributed by atoms with E-state index in [0.29, 0.717) is 12.0 Å². The van der Waals surface area contributed by atoms with Crippen molar-refractivity contribution < 1.29 is 4.74 Å². The predicted octanol–water partition coefficient (Wildman–Crippen LogP) is 2.57. The van der Waals surface area contributed by atoms with Gasteiger partial charge in [-0.15, -0.1) is 0 Å². The topological polar surface area (TPSA) is 47.3 Å². The van der Waals surface area contributed by atoms with Gasteiger partial charge in [-0.05, 0) is 42.5 Å². The zero-order valence-electron chi connectivity index (χ0n) is 11.6. The van der Waals surface area contributed by atoms with Crippen LogP contribution >= 0.6 is 0 Å². The van der Waals surface area contributed by atoms with Crippen LogP contribution in [0.5, 0.6) is 5.75 Å². The summed E-state index contributed by atoms with van der Waals surface area (Å²) in [4.78, 5) is 0. The number of benzene rings is 1. The normalized spacial score (nSPS) is 21.3. The zero-order chi connectivity index (χ0) is 13.1. The fourth-order valence-electron chi connectivity index (χ4n) is 2.66. The summed E-state index contributed by atoms with van der Waals surface area (Å²) in [5, 5.41) is 3.48. The summed E-state index contributed by atoms with van der Waals surface area (Å²) in [5.74, 6) is 1.41. The van der Waals surface area contributed by atoms with Gasteiger partial charge in [-0.3, -0.25) is 0 Å². The SMILES string of the molecule is COc1ccc(C(N)C2CCCN2)cc1C(C)C. The van der Waals surface area contributed by atoms with E-state index in [1.807, 2.05) is 6.07 Å². The average Bonchev–Trinajstić information content (AvgIpc) is 2.90. The summed E-state index contributed by atoms with van der Waals surface area (Å²) < 4.78 is 5.41. The Labute approximate surface area is 110 Å². The number of nitrogens with one attached hydrogen (secondary N) is 1. The van der Waals surface area contributed by atoms with Crippen molar-refractivity contribution >= 4 is 0 Å². The molecule has 0 saturated carbocycles. The van der Waals surface area contributed by atoms with Crippen LogP contribution in [-0.4, -0.2) is 19.7 Å². The minimum atomic E-state index is 0.0795. The first kappa shape index (κ1) is 13.4. The number of methoxy groups -OCH3 is 1. The van der Waals surface area contributed by atoms with Gasteiger partial charge < -0.3 is 15.8 Å². The third-order valence-electron chi connectivity index (χ3n) is 3.79. The maximum atomic E-state index is 6.36. The fraction of sp³-hybridized carbons (Fsp3) is 0.600. The predicted molar refractivity (Wildman–Crippen MR) is 75.0 cm³/mol. The molecular weight excluding hydrogens is 224 g/mol. The van der Waals surface area contributed by atoms with Gasteiger partial charge in [-0.2, -0.15) is 0 Å². The highest BCUT2D eigenvalue weighted by atomic mass is 16.5. The Kier molecular flexibility index (Phi) is 4.25. The monoisotopic (exact) mass is 248 g/mol.